The van der Waals surface area contributed by atoms with E-state index in [2.05, 4.69) is 10.2 Å². The highest BCUT2D eigenvalue weighted by molar-refractivity contribution is 5.83. The molecule has 0 saturated heterocycles. The van der Waals surface area contributed by atoms with Gasteiger partial charge in [0.15, 0.2) is 0 Å². The van der Waals surface area contributed by atoms with Crippen LogP contribution in [0.1, 0.15) is 0 Å². The van der Waals surface area contributed by atoms with Crippen molar-refractivity contribution in [2.45, 2.75) is 0 Å². The first-order valence-corrected chi connectivity index (χ1v) is 5.02. The molecule has 1 aromatic heterocycles. The molecular weight excluding hydrogens is 203 g/mol. The van der Waals surface area contributed by atoms with E-state index in [0.29, 0.717) is 5.56 Å². The molecule has 1 N–H and O–H groups in total. The van der Waals surface area contributed by atoms with Crippen LogP contribution in [0.3, 0.4) is 0 Å². The monoisotopic (exact) mass is 212 g/mol. The van der Waals surface area contributed by atoms with Gasteiger partial charge in [-0.25, -0.2) is 4.39 Å². The second kappa shape index (κ2) is 3.45. The summed E-state index contributed by atoms with van der Waals surface area (Å²) in [6, 6.07) is 12.5. The maximum Gasteiger partial charge on any atom is 0.131 e. The van der Waals surface area contributed by atoms with Crippen molar-refractivity contribution in [3.8, 4) is 11.1 Å². The Bertz CT molecular complexity index is 643. The predicted octanol–water partition coefficient (Wildman–Crippen LogP) is 3.37. The second-order valence-corrected chi connectivity index (χ2v) is 3.65. The Labute approximate surface area is 91.7 Å². The van der Waals surface area contributed by atoms with Crippen LogP contribution in [0.5, 0.6) is 0 Å². The van der Waals surface area contributed by atoms with Crippen LogP contribution in [0.15, 0.2) is 48.7 Å². The van der Waals surface area contributed by atoms with Crippen molar-refractivity contribution in [2.24, 2.45) is 0 Å². The van der Waals surface area contributed by atoms with Gasteiger partial charge in [-0.05, 0) is 17.7 Å². The maximum absolute atomic E-state index is 13.6. The van der Waals surface area contributed by atoms with Gasteiger partial charge < -0.3 is 0 Å². The zero-order valence-corrected chi connectivity index (χ0v) is 8.44. The highest BCUT2D eigenvalue weighted by Crippen LogP contribution is 2.25. The number of aromatic nitrogens is 2. The Morgan fingerprint density at radius 2 is 1.94 bits per heavy atom. The topological polar surface area (TPSA) is 28.7 Å². The molecule has 0 atom stereocenters. The van der Waals surface area contributed by atoms with Crippen LogP contribution < -0.4 is 0 Å². The molecule has 0 amide bonds. The van der Waals surface area contributed by atoms with E-state index in [9.17, 15) is 4.39 Å². The van der Waals surface area contributed by atoms with Gasteiger partial charge in [0.25, 0.3) is 0 Å². The first-order valence-electron chi connectivity index (χ1n) is 5.02. The quantitative estimate of drug-likeness (QED) is 0.658. The smallest absolute Gasteiger partial charge is 0.131 e. The van der Waals surface area contributed by atoms with E-state index in [-0.39, 0.29) is 5.82 Å². The molecular formula is C13H9FN2. The maximum atomic E-state index is 13.6. The molecule has 2 aromatic carbocycles. The van der Waals surface area contributed by atoms with Crippen LogP contribution in [0, 0.1) is 5.82 Å². The number of hydrogen-bond acceptors (Lipinski definition) is 1. The van der Waals surface area contributed by atoms with E-state index >= 15 is 0 Å². The van der Waals surface area contributed by atoms with Gasteiger partial charge in [-0.3, -0.25) is 5.10 Å². The molecule has 0 spiro atoms. The summed E-state index contributed by atoms with van der Waals surface area (Å²) in [4.78, 5) is 0. The average molecular weight is 212 g/mol. The number of nitrogens with one attached hydrogen (secondary N) is 1. The second-order valence-electron chi connectivity index (χ2n) is 3.65. The molecule has 0 saturated carbocycles. The molecule has 0 aliphatic carbocycles. The molecule has 3 heteroatoms. The molecule has 0 aliphatic rings. The third kappa shape index (κ3) is 1.37. The molecule has 0 radical (unpaired) electrons. The fourth-order valence-electron chi connectivity index (χ4n) is 1.80. The third-order valence-corrected chi connectivity index (χ3v) is 2.63. The van der Waals surface area contributed by atoms with Crippen molar-refractivity contribution in [2.75, 3.05) is 0 Å². The molecule has 0 unspecified atom stereocenters. The van der Waals surface area contributed by atoms with Crippen LogP contribution in [-0.2, 0) is 0 Å². The van der Waals surface area contributed by atoms with Gasteiger partial charge in [-0.1, -0.05) is 30.3 Å². The largest absolute Gasteiger partial charge is 0.278 e. The fraction of sp³-hybridized carbons (Fsp3) is 0. The number of rotatable bonds is 1. The zero-order chi connectivity index (χ0) is 11.0. The van der Waals surface area contributed by atoms with Gasteiger partial charge in [-0.15, -0.1) is 0 Å². The lowest BCUT2D eigenvalue weighted by Crippen LogP contribution is -1.83. The van der Waals surface area contributed by atoms with Crippen molar-refractivity contribution in [3.05, 3.63) is 54.5 Å². The lowest BCUT2D eigenvalue weighted by atomic mass is 10.0. The summed E-state index contributed by atoms with van der Waals surface area (Å²) in [7, 11) is 0. The van der Waals surface area contributed by atoms with Gasteiger partial charge >= 0.3 is 0 Å². The van der Waals surface area contributed by atoms with Crippen molar-refractivity contribution >= 4 is 10.9 Å². The van der Waals surface area contributed by atoms with E-state index in [0.717, 1.165) is 16.5 Å². The summed E-state index contributed by atoms with van der Waals surface area (Å²) in [6.45, 7) is 0. The Balaban J connectivity index is 2.22. The minimum absolute atomic E-state index is 0.207. The predicted molar refractivity (Wildman–Crippen MR) is 61.5 cm³/mol. The molecule has 0 fully saturated rings. The van der Waals surface area contributed by atoms with Crippen LogP contribution >= 0.6 is 0 Å². The van der Waals surface area contributed by atoms with Gasteiger partial charge in [0, 0.05) is 10.9 Å². The number of H-pyrrole nitrogens is 1. The van der Waals surface area contributed by atoms with Crippen LogP contribution in [0.25, 0.3) is 22.0 Å². The lowest BCUT2D eigenvalue weighted by molar-refractivity contribution is 0.631. The minimum Gasteiger partial charge on any atom is -0.278 e. The van der Waals surface area contributed by atoms with Gasteiger partial charge in [0.1, 0.15) is 5.82 Å². The molecule has 16 heavy (non-hydrogen) atoms. The molecule has 2 nitrogen and oxygen atoms in total. The Hall–Kier alpha value is -2.16. The Morgan fingerprint density at radius 3 is 2.81 bits per heavy atom. The number of halogens is 1. The molecule has 78 valence electrons. The molecule has 1 heterocycles. The van der Waals surface area contributed by atoms with E-state index in [4.69, 9.17) is 0 Å². The summed E-state index contributed by atoms with van der Waals surface area (Å²) < 4.78 is 13.6. The lowest BCUT2D eigenvalue weighted by Gasteiger charge is -2.02. The van der Waals surface area contributed by atoms with Crippen molar-refractivity contribution in [3.63, 3.8) is 0 Å². The summed E-state index contributed by atoms with van der Waals surface area (Å²) in [5.41, 5.74) is 2.38. The van der Waals surface area contributed by atoms with Crippen LogP contribution in [0.2, 0.25) is 0 Å². The van der Waals surface area contributed by atoms with E-state index < -0.39 is 0 Å². The van der Waals surface area contributed by atoms with Gasteiger partial charge in [-0.2, -0.15) is 5.10 Å². The number of aromatic amines is 1. The first-order chi connectivity index (χ1) is 7.84. The van der Waals surface area contributed by atoms with Crippen molar-refractivity contribution in [1.82, 2.24) is 10.2 Å². The van der Waals surface area contributed by atoms with E-state index in [1.807, 2.05) is 24.3 Å². The summed E-state index contributed by atoms with van der Waals surface area (Å²) in [5.74, 6) is -0.207. The normalized spacial score (nSPS) is 10.8. The van der Waals surface area contributed by atoms with E-state index in [1.165, 1.54) is 6.07 Å². The fourth-order valence-corrected chi connectivity index (χ4v) is 1.80. The van der Waals surface area contributed by atoms with Gasteiger partial charge in [0.2, 0.25) is 0 Å². The summed E-state index contributed by atoms with van der Waals surface area (Å²) >= 11 is 0. The zero-order valence-electron chi connectivity index (χ0n) is 8.44. The number of fused-ring (bicyclic) bond motifs is 1. The minimum atomic E-state index is -0.207. The van der Waals surface area contributed by atoms with Crippen molar-refractivity contribution in [1.29, 1.82) is 0 Å². The molecule has 3 rings (SSSR count). The first kappa shape index (κ1) is 9.09. The summed E-state index contributed by atoms with van der Waals surface area (Å²) in [5, 5.41) is 7.84. The standard InChI is InChI=1S/C13H9FN2/c14-12-4-2-1-3-11(12)9-5-6-10-8-15-16-13(10)7-9/h1-8H,(H,15,16). The Morgan fingerprint density at radius 1 is 1.06 bits per heavy atom. The summed E-state index contributed by atoms with van der Waals surface area (Å²) in [6.07, 6.45) is 1.75. The average Bonchev–Trinajstić information content (AvgIpc) is 2.76. The van der Waals surface area contributed by atoms with Crippen molar-refractivity contribution < 1.29 is 4.39 Å². The van der Waals surface area contributed by atoms with Crippen LogP contribution in [-0.4, -0.2) is 10.2 Å². The third-order valence-electron chi connectivity index (χ3n) is 2.63. The Kier molecular flexibility index (Phi) is 1.96. The molecule has 0 bridgehead atoms. The number of hydrogen-bond donors (Lipinski definition) is 1. The molecule has 3 aromatic rings. The van der Waals surface area contributed by atoms with Crippen LogP contribution in [0.4, 0.5) is 4.39 Å². The highest BCUT2D eigenvalue weighted by atomic mass is 19.1. The number of benzene rings is 2. The van der Waals surface area contributed by atoms with Gasteiger partial charge in [0.05, 0.1) is 11.7 Å². The SMILES string of the molecule is Fc1ccccc1-c1ccc2cn[nH]c2c1. The highest BCUT2D eigenvalue weighted by Gasteiger charge is 2.05. The molecule has 0 aliphatic heterocycles. The number of nitrogens with zero attached hydrogens (tertiary/aromatic N) is 1. The van der Waals surface area contributed by atoms with E-state index in [1.54, 1.807) is 18.3 Å².